The molecule has 0 radical (unpaired) electrons. The van der Waals surface area contributed by atoms with Gasteiger partial charge in [0.15, 0.2) is 5.82 Å². The molecule has 0 aliphatic heterocycles. The van der Waals surface area contributed by atoms with E-state index in [1.54, 1.807) is 22.8 Å². The molecule has 0 aliphatic rings. The van der Waals surface area contributed by atoms with Gasteiger partial charge in [0, 0.05) is 17.7 Å². The van der Waals surface area contributed by atoms with Crippen LogP contribution in [0.1, 0.15) is 5.69 Å². The standard InChI is InChI=1S/C19H13N7O2S/c1-12-16(11-20-24(12)14-5-3-2-4-6-14)17-21-22-19-25(17)23-18(29-19)13-7-9-15(10-8-13)26(27)28/h2-11H,1H3. The van der Waals surface area contributed by atoms with E-state index in [4.69, 9.17) is 0 Å². The molecule has 0 bridgehead atoms. The summed E-state index contributed by atoms with van der Waals surface area (Å²) in [6.07, 6.45) is 1.75. The molecule has 0 fully saturated rings. The Balaban J connectivity index is 1.56. The van der Waals surface area contributed by atoms with Gasteiger partial charge < -0.3 is 0 Å². The number of fused-ring (bicyclic) bond motifs is 1. The highest BCUT2D eigenvalue weighted by molar-refractivity contribution is 7.19. The van der Waals surface area contributed by atoms with E-state index in [1.165, 1.54) is 23.5 Å². The van der Waals surface area contributed by atoms with Crippen LogP contribution >= 0.6 is 11.3 Å². The summed E-state index contributed by atoms with van der Waals surface area (Å²) in [4.78, 5) is 11.1. The summed E-state index contributed by atoms with van der Waals surface area (Å²) in [5.74, 6) is 0.601. The summed E-state index contributed by atoms with van der Waals surface area (Å²) in [5, 5.41) is 29.2. The first kappa shape index (κ1) is 17.2. The molecule has 0 unspecified atom stereocenters. The van der Waals surface area contributed by atoms with Gasteiger partial charge in [-0.1, -0.05) is 29.5 Å². The van der Waals surface area contributed by atoms with Gasteiger partial charge in [-0.15, -0.1) is 10.2 Å². The molecule has 9 nitrogen and oxygen atoms in total. The van der Waals surface area contributed by atoms with E-state index in [0.717, 1.165) is 22.5 Å². The van der Waals surface area contributed by atoms with Crippen molar-refractivity contribution in [2.24, 2.45) is 0 Å². The lowest BCUT2D eigenvalue weighted by atomic mass is 10.2. The van der Waals surface area contributed by atoms with Crippen LogP contribution in [0.25, 0.3) is 32.6 Å². The van der Waals surface area contributed by atoms with Crippen molar-refractivity contribution in [1.82, 2.24) is 29.6 Å². The Labute approximate surface area is 168 Å². The third kappa shape index (κ3) is 2.86. The molecular weight excluding hydrogens is 390 g/mol. The zero-order chi connectivity index (χ0) is 20.0. The minimum atomic E-state index is -0.423. The number of nitro benzene ring substituents is 1. The molecule has 0 atom stereocenters. The Hall–Kier alpha value is -3.92. The largest absolute Gasteiger partial charge is 0.269 e. The van der Waals surface area contributed by atoms with Gasteiger partial charge in [0.05, 0.1) is 28.1 Å². The predicted molar refractivity (Wildman–Crippen MR) is 108 cm³/mol. The van der Waals surface area contributed by atoms with E-state index in [2.05, 4.69) is 20.4 Å². The molecule has 29 heavy (non-hydrogen) atoms. The first-order valence-corrected chi connectivity index (χ1v) is 9.51. The minimum absolute atomic E-state index is 0.0430. The lowest BCUT2D eigenvalue weighted by Gasteiger charge is -2.04. The lowest BCUT2D eigenvalue weighted by molar-refractivity contribution is -0.384. The summed E-state index contributed by atoms with van der Waals surface area (Å²) in [7, 11) is 0. The van der Waals surface area contributed by atoms with Crippen molar-refractivity contribution < 1.29 is 4.92 Å². The second kappa shape index (κ2) is 6.60. The topological polar surface area (TPSA) is 104 Å². The number of benzene rings is 2. The van der Waals surface area contributed by atoms with Crippen molar-refractivity contribution in [3.8, 4) is 27.6 Å². The molecule has 2 aromatic carbocycles. The molecule has 5 rings (SSSR count). The smallest absolute Gasteiger partial charge is 0.258 e. The Kier molecular flexibility index (Phi) is 3.91. The van der Waals surface area contributed by atoms with Crippen LogP contribution in [0.15, 0.2) is 60.8 Å². The zero-order valence-electron chi connectivity index (χ0n) is 15.1. The molecule has 0 amide bonds. The van der Waals surface area contributed by atoms with Gasteiger partial charge >= 0.3 is 0 Å². The number of nitro groups is 1. The highest BCUT2D eigenvalue weighted by Gasteiger charge is 2.19. The van der Waals surface area contributed by atoms with E-state index >= 15 is 0 Å². The van der Waals surface area contributed by atoms with Crippen LogP contribution in [-0.2, 0) is 0 Å². The van der Waals surface area contributed by atoms with Crippen molar-refractivity contribution in [2.45, 2.75) is 6.92 Å². The van der Waals surface area contributed by atoms with Crippen molar-refractivity contribution >= 4 is 22.0 Å². The number of para-hydroxylation sites is 1. The maximum Gasteiger partial charge on any atom is 0.269 e. The second-order valence-electron chi connectivity index (χ2n) is 6.32. The van der Waals surface area contributed by atoms with Crippen molar-refractivity contribution in [3.05, 3.63) is 76.6 Å². The van der Waals surface area contributed by atoms with Crippen LogP contribution in [0.5, 0.6) is 0 Å². The van der Waals surface area contributed by atoms with Crippen molar-refractivity contribution in [2.75, 3.05) is 0 Å². The lowest BCUT2D eigenvalue weighted by Crippen LogP contribution is -1.99. The van der Waals surface area contributed by atoms with Crippen LogP contribution in [0.3, 0.4) is 0 Å². The van der Waals surface area contributed by atoms with Crippen LogP contribution in [-0.4, -0.2) is 34.5 Å². The predicted octanol–water partition coefficient (Wildman–Crippen LogP) is 3.92. The maximum atomic E-state index is 10.8. The average Bonchev–Trinajstić information content (AvgIpc) is 3.43. The van der Waals surface area contributed by atoms with Gasteiger partial charge in [-0.2, -0.15) is 14.7 Å². The van der Waals surface area contributed by atoms with Gasteiger partial charge in [-0.25, -0.2) is 4.68 Å². The van der Waals surface area contributed by atoms with E-state index in [0.29, 0.717) is 15.8 Å². The summed E-state index contributed by atoms with van der Waals surface area (Å²) in [5.41, 5.74) is 3.55. The zero-order valence-corrected chi connectivity index (χ0v) is 15.9. The van der Waals surface area contributed by atoms with Crippen LogP contribution < -0.4 is 0 Å². The number of aromatic nitrogens is 6. The van der Waals surface area contributed by atoms with Gasteiger partial charge in [0.1, 0.15) is 5.01 Å². The molecule has 3 heterocycles. The molecule has 0 saturated carbocycles. The molecule has 0 spiro atoms. The third-order valence-electron chi connectivity index (χ3n) is 4.57. The average molecular weight is 403 g/mol. The van der Waals surface area contributed by atoms with Crippen LogP contribution in [0.4, 0.5) is 5.69 Å². The Morgan fingerprint density at radius 3 is 2.52 bits per heavy atom. The Bertz CT molecular complexity index is 1340. The molecule has 0 N–H and O–H groups in total. The molecule has 0 saturated heterocycles. The first-order chi connectivity index (χ1) is 14.1. The van der Waals surface area contributed by atoms with Crippen molar-refractivity contribution in [3.63, 3.8) is 0 Å². The summed E-state index contributed by atoms with van der Waals surface area (Å²) < 4.78 is 3.53. The fraction of sp³-hybridized carbons (Fsp3) is 0.0526. The summed E-state index contributed by atoms with van der Waals surface area (Å²) in [6.45, 7) is 1.97. The Morgan fingerprint density at radius 1 is 1.03 bits per heavy atom. The number of hydrogen-bond acceptors (Lipinski definition) is 7. The number of hydrogen-bond donors (Lipinski definition) is 0. The molecule has 3 aromatic heterocycles. The number of rotatable bonds is 4. The SMILES string of the molecule is Cc1c(-c2nnc3sc(-c4ccc([N+](=O)[O-])cc4)nn23)cnn1-c1ccccc1. The highest BCUT2D eigenvalue weighted by atomic mass is 32.1. The second-order valence-corrected chi connectivity index (χ2v) is 7.28. The third-order valence-corrected chi connectivity index (χ3v) is 5.52. The fourth-order valence-electron chi connectivity index (χ4n) is 3.09. The number of nitrogens with zero attached hydrogens (tertiary/aromatic N) is 7. The first-order valence-electron chi connectivity index (χ1n) is 8.69. The molecule has 10 heteroatoms. The van der Waals surface area contributed by atoms with E-state index < -0.39 is 4.92 Å². The highest BCUT2D eigenvalue weighted by Crippen LogP contribution is 2.30. The molecular formula is C19H13N7O2S. The van der Waals surface area contributed by atoms with E-state index in [9.17, 15) is 10.1 Å². The van der Waals surface area contributed by atoms with Gasteiger partial charge in [0.25, 0.3) is 5.69 Å². The fourth-order valence-corrected chi connectivity index (χ4v) is 3.93. The molecule has 142 valence electrons. The van der Waals surface area contributed by atoms with E-state index in [-0.39, 0.29) is 5.69 Å². The normalized spacial score (nSPS) is 11.2. The molecule has 0 aliphatic carbocycles. The maximum absolute atomic E-state index is 10.8. The summed E-state index contributed by atoms with van der Waals surface area (Å²) >= 11 is 1.37. The summed E-state index contributed by atoms with van der Waals surface area (Å²) in [6, 6.07) is 16.1. The van der Waals surface area contributed by atoms with Gasteiger partial charge in [0.2, 0.25) is 4.96 Å². The number of non-ortho nitro benzene ring substituents is 1. The van der Waals surface area contributed by atoms with Gasteiger partial charge in [-0.3, -0.25) is 10.1 Å². The van der Waals surface area contributed by atoms with Crippen molar-refractivity contribution in [1.29, 1.82) is 0 Å². The monoisotopic (exact) mass is 403 g/mol. The Morgan fingerprint density at radius 2 is 1.79 bits per heavy atom. The minimum Gasteiger partial charge on any atom is -0.258 e. The van der Waals surface area contributed by atoms with Crippen LogP contribution in [0, 0.1) is 17.0 Å². The molecule has 5 aromatic rings. The quantitative estimate of drug-likeness (QED) is 0.333. The van der Waals surface area contributed by atoms with Gasteiger partial charge in [-0.05, 0) is 31.2 Å². The van der Waals surface area contributed by atoms with Crippen LogP contribution in [0.2, 0.25) is 0 Å². The van der Waals surface area contributed by atoms with E-state index in [1.807, 2.05) is 41.9 Å².